The van der Waals surface area contributed by atoms with Gasteiger partial charge in [-0.2, -0.15) is 0 Å². The van der Waals surface area contributed by atoms with Crippen LogP contribution in [0.25, 0.3) is 0 Å². The topological polar surface area (TPSA) is 12.0 Å². The minimum absolute atomic E-state index is 0.159. The van der Waals surface area contributed by atoms with Crippen LogP contribution in [0.5, 0.6) is 0 Å². The average molecular weight is 390 g/mol. The van der Waals surface area contributed by atoms with E-state index in [0.717, 1.165) is 25.2 Å². The van der Waals surface area contributed by atoms with Crippen molar-refractivity contribution in [1.29, 1.82) is 0 Å². The highest BCUT2D eigenvalue weighted by Gasteiger charge is 2.09. The molecule has 1 atom stereocenters. The van der Waals surface area contributed by atoms with E-state index < -0.39 is 0 Å². The fourth-order valence-electron chi connectivity index (χ4n) is 1.73. The Balaban J connectivity index is 2.16. The molecule has 0 heterocycles. The molecular weight excluding hydrogens is 377 g/mol. The zero-order valence-corrected chi connectivity index (χ0v) is 13.7. The SMILES string of the molecule is CC(Nc1ccc(Br)cc1)c1ccc(Br)cc1Cl. The molecule has 1 nitrogen and oxygen atoms in total. The van der Waals surface area contributed by atoms with Crippen LogP contribution in [0.4, 0.5) is 5.69 Å². The molecule has 0 aliphatic rings. The van der Waals surface area contributed by atoms with Crippen molar-refractivity contribution >= 4 is 49.1 Å². The summed E-state index contributed by atoms with van der Waals surface area (Å²) >= 11 is 13.1. The number of hydrogen-bond acceptors (Lipinski definition) is 1. The van der Waals surface area contributed by atoms with E-state index in [1.807, 2.05) is 42.5 Å². The maximum absolute atomic E-state index is 6.24. The number of benzene rings is 2. The van der Waals surface area contributed by atoms with E-state index in [1.54, 1.807) is 0 Å². The molecule has 0 aliphatic heterocycles. The standard InChI is InChI=1S/C14H12Br2ClN/c1-9(13-7-4-11(16)8-14(13)17)18-12-5-2-10(15)3-6-12/h2-9,18H,1H3. The van der Waals surface area contributed by atoms with Crippen molar-refractivity contribution in [2.24, 2.45) is 0 Å². The van der Waals surface area contributed by atoms with Crippen LogP contribution in [0.2, 0.25) is 5.02 Å². The van der Waals surface area contributed by atoms with Crippen LogP contribution in [-0.4, -0.2) is 0 Å². The van der Waals surface area contributed by atoms with Gasteiger partial charge in [-0.25, -0.2) is 0 Å². The van der Waals surface area contributed by atoms with Crippen molar-refractivity contribution in [3.8, 4) is 0 Å². The molecule has 94 valence electrons. The van der Waals surface area contributed by atoms with E-state index in [1.165, 1.54) is 0 Å². The fourth-order valence-corrected chi connectivity index (χ4v) is 2.83. The van der Waals surface area contributed by atoms with Crippen LogP contribution in [0.15, 0.2) is 51.4 Å². The van der Waals surface area contributed by atoms with Gasteiger partial charge in [0.05, 0.1) is 0 Å². The van der Waals surface area contributed by atoms with Gasteiger partial charge in [0.25, 0.3) is 0 Å². The molecule has 0 radical (unpaired) electrons. The average Bonchev–Trinajstić information content (AvgIpc) is 2.32. The number of hydrogen-bond donors (Lipinski definition) is 1. The Hall–Kier alpha value is -0.510. The first-order chi connectivity index (χ1) is 8.56. The monoisotopic (exact) mass is 387 g/mol. The number of halogens is 3. The Morgan fingerprint density at radius 3 is 2.22 bits per heavy atom. The van der Waals surface area contributed by atoms with Crippen LogP contribution in [0.1, 0.15) is 18.5 Å². The summed E-state index contributed by atoms with van der Waals surface area (Å²) < 4.78 is 2.06. The lowest BCUT2D eigenvalue weighted by atomic mass is 10.1. The molecule has 1 unspecified atom stereocenters. The summed E-state index contributed by atoms with van der Waals surface area (Å²) in [4.78, 5) is 0. The lowest BCUT2D eigenvalue weighted by molar-refractivity contribution is 0.884. The third kappa shape index (κ3) is 3.50. The van der Waals surface area contributed by atoms with Crippen LogP contribution >= 0.6 is 43.5 Å². The Morgan fingerprint density at radius 1 is 1.00 bits per heavy atom. The predicted molar refractivity (Wildman–Crippen MR) is 85.3 cm³/mol. The molecule has 0 aromatic heterocycles. The minimum atomic E-state index is 0.159. The van der Waals surface area contributed by atoms with E-state index in [0.29, 0.717) is 0 Å². The lowest BCUT2D eigenvalue weighted by Crippen LogP contribution is -2.07. The summed E-state index contributed by atoms with van der Waals surface area (Å²) in [7, 11) is 0. The molecule has 1 N–H and O–H groups in total. The number of nitrogens with one attached hydrogen (secondary N) is 1. The van der Waals surface area contributed by atoms with Crippen molar-refractivity contribution in [3.05, 3.63) is 62.0 Å². The van der Waals surface area contributed by atoms with Gasteiger partial charge in [0, 0.05) is 25.7 Å². The molecule has 2 rings (SSSR count). The summed E-state index contributed by atoms with van der Waals surface area (Å²) in [6, 6.07) is 14.2. The van der Waals surface area contributed by atoms with Crippen LogP contribution in [0.3, 0.4) is 0 Å². The maximum atomic E-state index is 6.24. The van der Waals surface area contributed by atoms with Gasteiger partial charge in [-0.1, -0.05) is 49.5 Å². The molecule has 0 saturated carbocycles. The molecule has 2 aromatic rings. The molecule has 0 spiro atoms. The Bertz CT molecular complexity index is 540. The summed E-state index contributed by atoms with van der Waals surface area (Å²) in [6.45, 7) is 2.09. The summed E-state index contributed by atoms with van der Waals surface area (Å²) in [6.07, 6.45) is 0. The van der Waals surface area contributed by atoms with Gasteiger partial charge in [-0.05, 0) is 48.9 Å². The maximum Gasteiger partial charge on any atom is 0.0500 e. The first kappa shape index (κ1) is 13.9. The smallest absolute Gasteiger partial charge is 0.0500 e. The van der Waals surface area contributed by atoms with Gasteiger partial charge in [-0.15, -0.1) is 0 Å². The van der Waals surface area contributed by atoms with Crippen LogP contribution < -0.4 is 5.32 Å². The molecule has 4 heteroatoms. The first-order valence-corrected chi connectivity index (χ1v) is 7.50. The second kappa shape index (κ2) is 6.09. The molecular formula is C14H12Br2ClN. The highest BCUT2D eigenvalue weighted by molar-refractivity contribution is 9.10. The first-order valence-electron chi connectivity index (χ1n) is 5.53. The number of anilines is 1. The Morgan fingerprint density at radius 2 is 1.61 bits per heavy atom. The van der Waals surface area contributed by atoms with Crippen molar-refractivity contribution < 1.29 is 0 Å². The molecule has 0 saturated heterocycles. The lowest BCUT2D eigenvalue weighted by Gasteiger charge is -2.17. The molecule has 18 heavy (non-hydrogen) atoms. The normalized spacial score (nSPS) is 12.2. The van der Waals surface area contributed by atoms with Crippen molar-refractivity contribution in [1.82, 2.24) is 0 Å². The van der Waals surface area contributed by atoms with Gasteiger partial charge in [-0.3, -0.25) is 0 Å². The quantitative estimate of drug-likeness (QED) is 0.675. The van der Waals surface area contributed by atoms with Crippen LogP contribution in [0, 0.1) is 0 Å². The van der Waals surface area contributed by atoms with E-state index in [9.17, 15) is 0 Å². The fraction of sp³-hybridized carbons (Fsp3) is 0.143. The summed E-state index contributed by atoms with van der Waals surface area (Å²) in [5.74, 6) is 0. The molecule has 0 bridgehead atoms. The molecule has 0 aliphatic carbocycles. The van der Waals surface area contributed by atoms with Gasteiger partial charge in [0.1, 0.15) is 0 Å². The van der Waals surface area contributed by atoms with Gasteiger partial charge in [0.15, 0.2) is 0 Å². The highest BCUT2D eigenvalue weighted by Crippen LogP contribution is 2.28. The Kier molecular flexibility index (Phi) is 4.71. The summed E-state index contributed by atoms with van der Waals surface area (Å²) in [5, 5.41) is 4.19. The van der Waals surface area contributed by atoms with E-state index in [2.05, 4.69) is 44.1 Å². The second-order valence-corrected chi connectivity index (χ2v) is 6.28. The summed E-state index contributed by atoms with van der Waals surface area (Å²) in [5.41, 5.74) is 2.16. The van der Waals surface area contributed by atoms with E-state index in [-0.39, 0.29) is 6.04 Å². The third-order valence-corrected chi connectivity index (χ3v) is 4.01. The third-order valence-electron chi connectivity index (χ3n) is 2.66. The molecule has 2 aromatic carbocycles. The van der Waals surface area contributed by atoms with E-state index >= 15 is 0 Å². The van der Waals surface area contributed by atoms with Gasteiger partial charge in [0.2, 0.25) is 0 Å². The van der Waals surface area contributed by atoms with Gasteiger partial charge < -0.3 is 5.32 Å². The predicted octanol–water partition coefficient (Wildman–Crippen LogP) is 6.04. The zero-order chi connectivity index (χ0) is 13.1. The van der Waals surface area contributed by atoms with Crippen molar-refractivity contribution in [2.45, 2.75) is 13.0 Å². The van der Waals surface area contributed by atoms with E-state index in [4.69, 9.17) is 11.6 Å². The molecule has 0 amide bonds. The minimum Gasteiger partial charge on any atom is -0.378 e. The van der Waals surface area contributed by atoms with Crippen molar-refractivity contribution in [2.75, 3.05) is 5.32 Å². The largest absolute Gasteiger partial charge is 0.378 e. The van der Waals surface area contributed by atoms with Gasteiger partial charge >= 0.3 is 0 Å². The Labute approximate surface area is 129 Å². The second-order valence-electron chi connectivity index (χ2n) is 4.04. The van der Waals surface area contributed by atoms with Crippen molar-refractivity contribution in [3.63, 3.8) is 0 Å². The molecule has 0 fully saturated rings. The van der Waals surface area contributed by atoms with Crippen LogP contribution in [-0.2, 0) is 0 Å². The number of rotatable bonds is 3. The highest BCUT2D eigenvalue weighted by atomic mass is 79.9. The zero-order valence-electron chi connectivity index (χ0n) is 9.75.